The van der Waals surface area contributed by atoms with Crippen molar-refractivity contribution in [1.82, 2.24) is 0 Å². The van der Waals surface area contributed by atoms with Crippen molar-refractivity contribution < 1.29 is 19.0 Å². The van der Waals surface area contributed by atoms with E-state index in [0.29, 0.717) is 18.1 Å². The van der Waals surface area contributed by atoms with Gasteiger partial charge in [-0.25, -0.2) is 9.79 Å². The number of cyclic esters (lactones) is 1. The molecule has 0 spiro atoms. The summed E-state index contributed by atoms with van der Waals surface area (Å²) in [4.78, 5) is 16.7. The van der Waals surface area contributed by atoms with Crippen molar-refractivity contribution in [2.24, 2.45) is 4.99 Å². The zero-order valence-corrected chi connectivity index (χ0v) is 22.7. The zero-order valence-electron chi connectivity index (χ0n) is 16.8. The van der Waals surface area contributed by atoms with Crippen LogP contribution in [0.25, 0.3) is 6.08 Å². The Morgan fingerprint density at radius 1 is 1.03 bits per heavy atom. The molecule has 1 heterocycles. The summed E-state index contributed by atoms with van der Waals surface area (Å²) in [7, 11) is 1.58. The van der Waals surface area contributed by atoms with E-state index in [0.717, 1.165) is 24.7 Å². The highest BCUT2D eigenvalue weighted by atomic mass is 127. The molecular formula is C24H16BrI2NO4. The summed E-state index contributed by atoms with van der Waals surface area (Å²) in [6.45, 7) is 0.430. The van der Waals surface area contributed by atoms with Crippen LogP contribution in [0, 0.1) is 7.14 Å². The Bertz CT molecular complexity index is 1240. The Balaban J connectivity index is 1.54. The Morgan fingerprint density at radius 3 is 2.53 bits per heavy atom. The fraction of sp³-hybridized carbons (Fsp3) is 0.0833. The van der Waals surface area contributed by atoms with E-state index in [2.05, 4.69) is 66.1 Å². The van der Waals surface area contributed by atoms with Crippen LogP contribution in [0.15, 0.2) is 75.8 Å². The lowest BCUT2D eigenvalue weighted by Crippen LogP contribution is -2.05. The summed E-state index contributed by atoms with van der Waals surface area (Å²) < 4.78 is 19.9. The third-order valence-electron chi connectivity index (χ3n) is 4.59. The van der Waals surface area contributed by atoms with E-state index in [4.69, 9.17) is 14.2 Å². The van der Waals surface area contributed by atoms with Crippen LogP contribution in [0.2, 0.25) is 0 Å². The maximum Gasteiger partial charge on any atom is 0.363 e. The topological polar surface area (TPSA) is 57.1 Å². The molecule has 1 aliphatic rings. The number of esters is 1. The third-order valence-corrected chi connectivity index (χ3v) is 7.64. The molecule has 5 nitrogen and oxygen atoms in total. The number of hydrogen-bond acceptors (Lipinski definition) is 5. The van der Waals surface area contributed by atoms with Crippen molar-refractivity contribution in [3.8, 4) is 11.5 Å². The molecule has 0 amide bonds. The molecule has 0 aliphatic carbocycles. The second-order valence-electron chi connectivity index (χ2n) is 6.79. The maximum atomic E-state index is 12.3. The van der Waals surface area contributed by atoms with Gasteiger partial charge in [0.15, 0.2) is 17.2 Å². The summed E-state index contributed by atoms with van der Waals surface area (Å²) >= 11 is 7.97. The molecule has 3 aromatic rings. The third kappa shape index (κ3) is 5.52. The van der Waals surface area contributed by atoms with Crippen LogP contribution in [0.3, 0.4) is 0 Å². The van der Waals surface area contributed by atoms with Crippen molar-refractivity contribution in [2.45, 2.75) is 6.61 Å². The van der Waals surface area contributed by atoms with Gasteiger partial charge in [-0.2, -0.15) is 0 Å². The number of rotatable bonds is 6. The lowest BCUT2D eigenvalue weighted by molar-refractivity contribution is -0.129. The van der Waals surface area contributed by atoms with E-state index < -0.39 is 5.97 Å². The second-order valence-corrected chi connectivity index (χ2v) is 10.1. The van der Waals surface area contributed by atoms with Crippen molar-refractivity contribution in [3.63, 3.8) is 0 Å². The standard InChI is InChI=1S/C24H16BrI2NO4/c1-30-22-11-15(4-9-21(22)31-13-14-2-6-17(26)7-3-14)10-20-24(29)32-23(28-20)16-5-8-19(27)18(25)12-16/h2-12H,13H2,1H3/b20-10-. The molecule has 0 fully saturated rings. The summed E-state index contributed by atoms with van der Waals surface area (Å²) in [5.41, 5.74) is 2.77. The number of halogens is 3. The molecule has 1 aliphatic heterocycles. The van der Waals surface area contributed by atoms with Gasteiger partial charge in [0.25, 0.3) is 0 Å². The van der Waals surface area contributed by atoms with Crippen LogP contribution >= 0.6 is 61.1 Å². The molecule has 0 unspecified atom stereocenters. The van der Waals surface area contributed by atoms with Gasteiger partial charge in [-0.05, 0) is 121 Å². The van der Waals surface area contributed by atoms with Crippen LogP contribution in [-0.4, -0.2) is 19.0 Å². The van der Waals surface area contributed by atoms with Gasteiger partial charge in [-0.15, -0.1) is 0 Å². The van der Waals surface area contributed by atoms with Gasteiger partial charge in [-0.1, -0.05) is 18.2 Å². The first kappa shape index (κ1) is 23.2. The number of benzene rings is 3. The Labute approximate surface area is 221 Å². The zero-order chi connectivity index (χ0) is 22.7. The van der Waals surface area contributed by atoms with E-state index in [9.17, 15) is 4.79 Å². The lowest BCUT2D eigenvalue weighted by Gasteiger charge is -2.11. The number of methoxy groups -OCH3 is 1. The molecular weight excluding hydrogens is 700 g/mol. The van der Waals surface area contributed by atoms with Gasteiger partial charge in [0, 0.05) is 17.2 Å². The van der Waals surface area contributed by atoms with Crippen molar-refractivity contribution in [1.29, 1.82) is 0 Å². The van der Waals surface area contributed by atoms with E-state index >= 15 is 0 Å². The van der Waals surface area contributed by atoms with Crippen LogP contribution < -0.4 is 9.47 Å². The Morgan fingerprint density at radius 2 is 1.81 bits per heavy atom. The number of aliphatic imine (C=N–C) groups is 1. The van der Waals surface area contributed by atoms with Crippen LogP contribution in [0.5, 0.6) is 11.5 Å². The molecule has 32 heavy (non-hydrogen) atoms. The molecule has 0 bridgehead atoms. The molecule has 4 rings (SSSR count). The summed E-state index contributed by atoms with van der Waals surface area (Å²) in [5, 5.41) is 0. The van der Waals surface area contributed by atoms with Gasteiger partial charge in [0.2, 0.25) is 5.90 Å². The van der Waals surface area contributed by atoms with Gasteiger partial charge >= 0.3 is 5.97 Å². The lowest BCUT2D eigenvalue weighted by atomic mass is 10.1. The first-order valence-electron chi connectivity index (χ1n) is 9.46. The van der Waals surface area contributed by atoms with Gasteiger partial charge < -0.3 is 14.2 Å². The molecule has 0 aromatic heterocycles. The molecule has 3 aromatic carbocycles. The molecule has 8 heteroatoms. The fourth-order valence-corrected chi connectivity index (χ4v) is 4.03. The summed E-state index contributed by atoms with van der Waals surface area (Å²) in [6, 6.07) is 19.3. The van der Waals surface area contributed by atoms with E-state index in [-0.39, 0.29) is 11.6 Å². The average Bonchev–Trinajstić information content (AvgIpc) is 3.15. The number of nitrogens with zero attached hydrogens (tertiary/aromatic N) is 1. The highest BCUT2D eigenvalue weighted by Crippen LogP contribution is 2.31. The molecule has 0 N–H and O–H groups in total. The Hall–Kier alpha value is -1.92. The van der Waals surface area contributed by atoms with Gasteiger partial charge in [0.1, 0.15) is 6.61 Å². The average molecular weight is 716 g/mol. The van der Waals surface area contributed by atoms with Gasteiger partial charge in [0.05, 0.1) is 7.11 Å². The number of carbonyl (C=O) groups excluding carboxylic acids is 1. The van der Waals surface area contributed by atoms with Crippen molar-refractivity contribution in [2.75, 3.05) is 7.11 Å². The highest BCUT2D eigenvalue weighted by molar-refractivity contribution is 14.1. The summed E-state index contributed by atoms with van der Waals surface area (Å²) in [5.74, 6) is 0.979. The SMILES string of the molecule is COc1cc(/C=C2\N=C(c3ccc(I)c(Br)c3)OC2=O)ccc1OCc1ccc(I)cc1. The molecule has 0 atom stereocenters. The molecule has 0 radical (unpaired) electrons. The first-order chi connectivity index (χ1) is 15.4. The van der Waals surface area contributed by atoms with E-state index in [1.165, 1.54) is 3.57 Å². The number of carbonyl (C=O) groups is 1. The normalized spacial score (nSPS) is 14.3. The smallest absolute Gasteiger partial charge is 0.363 e. The quantitative estimate of drug-likeness (QED) is 0.164. The minimum Gasteiger partial charge on any atom is -0.493 e. The van der Waals surface area contributed by atoms with E-state index in [1.54, 1.807) is 19.3 Å². The molecule has 162 valence electrons. The first-order valence-corrected chi connectivity index (χ1v) is 12.4. The van der Waals surface area contributed by atoms with Crippen molar-refractivity contribution >= 4 is 79.1 Å². The molecule has 0 saturated carbocycles. The number of hydrogen-bond donors (Lipinski definition) is 0. The predicted octanol–water partition coefficient (Wildman–Crippen LogP) is 6.59. The largest absolute Gasteiger partial charge is 0.493 e. The second kappa shape index (κ2) is 10.3. The Kier molecular flexibility index (Phi) is 7.51. The number of ether oxygens (including phenoxy) is 3. The minimum absolute atomic E-state index is 0.226. The minimum atomic E-state index is -0.493. The van der Waals surface area contributed by atoms with Crippen LogP contribution in [0.1, 0.15) is 16.7 Å². The maximum absolute atomic E-state index is 12.3. The van der Waals surface area contributed by atoms with Gasteiger partial charge in [-0.3, -0.25) is 0 Å². The van der Waals surface area contributed by atoms with Crippen molar-refractivity contribution in [3.05, 3.63) is 94.7 Å². The molecule has 0 saturated heterocycles. The highest BCUT2D eigenvalue weighted by Gasteiger charge is 2.24. The fourth-order valence-electron chi connectivity index (χ4n) is 2.95. The summed E-state index contributed by atoms with van der Waals surface area (Å²) in [6.07, 6.45) is 1.67. The van der Waals surface area contributed by atoms with E-state index in [1.807, 2.05) is 54.6 Å². The van der Waals surface area contributed by atoms with Crippen LogP contribution in [-0.2, 0) is 16.1 Å². The predicted molar refractivity (Wildman–Crippen MR) is 144 cm³/mol. The van der Waals surface area contributed by atoms with Crippen LogP contribution in [0.4, 0.5) is 0 Å². The monoisotopic (exact) mass is 715 g/mol.